The van der Waals surface area contributed by atoms with Gasteiger partial charge in [-0.15, -0.1) is 0 Å². The van der Waals surface area contributed by atoms with E-state index >= 15 is 0 Å². The maximum atomic E-state index is 14.4. The molecule has 0 fully saturated rings. The quantitative estimate of drug-likeness (QED) is 0.226. The predicted molar refractivity (Wildman–Crippen MR) is 171 cm³/mol. The lowest BCUT2D eigenvalue weighted by Gasteiger charge is -2.13. The Labute approximate surface area is 241 Å². The summed E-state index contributed by atoms with van der Waals surface area (Å²) >= 11 is 0. The van der Waals surface area contributed by atoms with Gasteiger partial charge in [0, 0.05) is 27.1 Å². The van der Waals surface area contributed by atoms with Crippen LogP contribution < -0.4 is 5.56 Å². The first-order valence-electron chi connectivity index (χ1n) is 13.9. The van der Waals surface area contributed by atoms with Crippen LogP contribution in [0.2, 0.25) is 0 Å². The summed E-state index contributed by atoms with van der Waals surface area (Å²) in [4.78, 5) is 19.6. The van der Waals surface area contributed by atoms with Crippen LogP contribution in [-0.2, 0) is 0 Å². The fourth-order valence-electron chi connectivity index (χ4n) is 6.25. The molecule has 0 aliphatic rings. The maximum absolute atomic E-state index is 14.4. The second-order valence-corrected chi connectivity index (χ2v) is 10.7. The van der Waals surface area contributed by atoms with Gasteiger partial charge in [-0.3, -0.25) is 9.20 Å². The van der Waals surface area contributed by atoms with Gasteiger partial charge in [0.05, 0.1) is 22.7 Å². The highest BCUT2D eigenvalue weighted by Crippen LogP contribution is 2.40. The maximum Gasteiger partial charge on any atom is 0.264 e. The molecule has 4 nitrogen and oxygen atoms in total. The smallest absolute Gasteiger partial charge is 0.264 e. The highest BCUT2D eigenvalue weighted by molar-refractivity contribution is 6.21. The van der Waals surface area contributed by atoms with E-state index in [0.29, 0.717) is 16.6 Å². The van der Waals surface area contributed by atoms with Gasteiger partial charge in [0.2, 0.25) is 0 Å². The van der Waals surface area contributed by atoms with Gasteiger partial charge in [0.15, 0.2) is 0 Å². The first kappa shape index (κ1) is 24.0. The van der Waals surface area contributed by atoms with E-state index in [2.05, 4.69) is 73.7 Å². The van der Waals surface area contributed by atoms with Crippen molar-refractivity contribution in [2.75, 3.05) is 0 Å². The third-order valence-corrected chi connectivity index (χ3v) is 8.27. The van der Waals surface area contributed by atoms with Crippen molar-refractivity contribution in [3.05, 3.63) is 143 Å². The topological polar surface area (TPSA) is 58.2 Å². The highest BCUT2D eigenvalue weighted by atomic mass is 16.1. The Balaban J connectivity index is 1.55. The number of fused-ring (bicyclic) bond motifs is 4. The molecule has 42 heavy (non-hydrogen) atoms. The lowest BCUT2D eigenvalue weighted by molar-refractivity contribution is 1.19. The molecule has 0 bridgehead atoms. The van der Waals surface area contributed by atoms with Crippen molar-refractivity contribution in [3.63, 3.8) is 0 Å². The molecular weight excluding hydrogens is 514 g/mol. The van der Waals surface area contributed by atoms with E-state index in [4.69, 9.17) is 4.98 Å². The molecule has 4 heteroatoms. The zero-order chi connectivity index (χ0) is 28.4. The summed E-state index contributed by atoms with van der Waals surface area (Å²) in [5.41, 5.74) is 9.72. The number of pyridine rings is 1. The van der Waals surface area contributed by atoms with E-state index in [1.807, 2.05) is 60.7 Å². The minimum Gasteiger partial charge on any atom is -0.268 e. The molecule has 0 aliphatic carbocycles. The van der Waals surface area contributed by atoms with Crippen molar-refractivity contribution in [2.45, 2.75) is 6.92 Å². The molecule has 0 N–H and O–H groups in total. The summed E-state index contributed by atoms with van der Waals surface area (Å²) in [5, 5.41) is 13.1. The van der Waals surface area contributed by atoms with Crippen LogP contribution in [0.1, 0.15) is 11.1 Å². The van der Waals surface area contributed by atoms with Crippen LogP contribution in [0.4, 0.5) is 0 Å². The Morgan fingerprint density at radius 2 is 1.31 bits per heavy atom. The first-order chi connectivity index (χ1) is 20.6. The molecule has 0 amide bonds. The number of aryl methyl sites for hydroxylation is 1. The molecule has 8 aromatic rings. The number of nitriles is 1. The summed E-state index contributed by atoms with van der Waals surface area (Å²) in [6.07, 6.45) is 0. The minimum atomic E-state index is -0.139. The third-order valence-electron chi connectivity index (χ3n) is 8.27. The number of benzene rings is 6. The predicted octanol–water partition coefficient (Wildman–Crippen LogP) is 8.77. The van der Waals surface area contributed by atoms with E-state index in [0.717, 1.165) is 66.1 Å². The Bertz CT molecular complexity index is 2420. The number of hydrogen-bond acceptors (Lipinski definition) is 3. The molecule has 0 aliphatic heterocycles. The Kier molecular flexibility index (Phi) is 5.22. The Hall–Kier alpha value is -5.79. The molecule has 2 aromatic heterocycles. The van der Waals surface area contributed by atoms with E-state index in [1.54, 1.807) is 4.40 Å². The second-order valence-electron chi connectivity index (χ2n) is 10.7. The number of imidazole rings is 1. The molecule has 0 saturated heterocycles. The van der Waals surface area contributed by atoms with Crippen molar-refractivity contribution in [1.82, 2.24) is 9.38 Å². The van der Waals surface area contributed by atoms with Crippen LogP contribution in [0.3, 0.4) is 0 Å². The Morgan fingerprint density at radius 3 is 2.02 bits per heavy atom. The standard InChI is InChI=1S/C38H23N3O/c1-23-12-14-26(15-13-23)29-18-19-31-35-30(17-16-27(22-39)34(29)35)37-40-36-32(25-10-6-3-7-11-25)20-28(24-8-4-2-5-9-24)21-33(36)41(37)38(31)42/h2-21H,1H3. The van der Waals surface area contributed by atoms with E-state index in [1.165, 1.54) is 0 Å². The first-order valence-corrected chi connectivity index (χ1v) is 13.9. The second kappa shape index (κ2) is 9.12. The Morgan fingerprint density at radius 1 is 0.643 bits per heavy atom. The van der Waals surface area contributed by atoms with Gasteiger partial charge in [-0.05, 0) is 65.1 Å². The number of nitrogens with zero attached hydrogens (tertiary/aromatic N) is 3. The van der Waals surface area contributed by atoms with E-state index in [9.17, 15) is 10.1 Å². The van der Waals surface area contributed by atoms with Gasteiger partial charge < -0.3 is 0 Å². The molecule has 0 saturated carbocycles. The monoisotopic (exact) mass is 537 g/mol. The summed E-state index contributed by atoms with van der Waals surface area (Å²) in [7, 11) is 0. The minimum absolute atomic E-state index is 0.139. The molecule has 0 unspecified atom stereocenters. The molecule has 2 heterocycles. The summed E-state index contributed by atoms with van der Waals surface area (Å²) in [6, 6.07) is 42.9. The number of aromatic nitrogens is 2. The summed E-state index contributed by atoms with van der Waals surface area (Å²) in [5.74, 6) is 0. The van der Waals surface area contributed by atoms with Crippen molar-refractivity contribution in [2.24, 2.45) is 0 Å². The zero-order valence-electron chi connectivity index (χ0n) is 22.8. The van der Waals surface area contributed by atoms with Gasteiger partial charge in [-0.25, -0.2) is 4.98 Å². The molecule has 6 aromatic carbocycles. The summed E-state index contributed by atoms with van der Waals surface area (Å²) < 4.78 is 1.75. The van der Waals surface area contributed by atoms with Crippen LogP contribution in [0, 0.1) is 18.3 Å². The molecular formula is C38H23N3O. The number of rotatable bonds is 3. The lowest BCUT2D eigenvalue weighted by atomic mass is 9.91. The van der Waals surface area contributed by atoms with Crippen LogP contribution in [-0.4, -0.2) is 9.38 Å². The number of hydrogen-bond donors (Lipinski definition) is 0. The molecule has 0 radical (unpaired) electrons. The largest absolute Gasteiger partial charge is 0.268 e. The van der Waals surface area contributed by atoms with Crippen LogP contribution in [0.15, 0.2) is 126 Å². The van der Waals surface area contributed by atoms with Crippen LogP contribution in [0.25, 0.3) is 71.6 Å². The third kappa shape index (κ3) is 3.47. The van der Waals surface area contributed by atoms with E-state index in [-0.39, 0.29) is 5.56 Å². The zero-order valence-corrected chi connectivity index (χ0v) is 22.8. The normalized spacial score (nSPS) is 11.5. The van der Waals surface area contributed by atoms with Crippen molar-refractivity contribution in [1.29, 1.82) is 5.26 Å². The average molecular weight is 538 g/mol. The highest BCUT2D eigenvalue weighted by Gasteiger charge is 2.22. The van der Waals surface area contributed by atoms with Gasteiger partial charge in [-0.2, -0.15) is 5.26 Å². The van der Waals surface area contributed by atoms with Gasteiger partial charge in [0.25, 0.3) is 5.56 Å². The SMILES string of the molecule is Cc1ccc(-c2ccc3c(=O)n4c5cc(-c6ccccc6)cc(-c6ccccc6)c5nc4c4ccc(C#N)c2c34)cc1. The fourth-order valence-corrected chi connectivity index (χ4v) is 6.25. The van der Waals surface area contributed by atoms with Crippen LogP contribution in [0.5, 0.6) is 0 Å². The molecule has 8 rings (SSSR count). The van der Waals surface area contributed by atoms with E-state index < -0.39 is 0 Å². The fraction of sp³-hybridized carbons (Fsp3) is 0.0263. The lowest BCUT2D eigenvalue weighted by Crippen LogP contribution is -2.13. The summed E-state index contributed by atoms with van der Waals surface area (Å²) in [6.45, 7) is 2.05. The van der Waals surface area contributed by atoms with Gasteiger partial charge in [-0.1, -0.05) is 96.6 Å². The van der Waals surface area contributed by atoms with Gasteiger partial charge >= 0.3 is 0 Å². The molecule has 0 atom stereocenters. The molecule has 0 spiro atoms. The van der Waals surface area contributed by atoms with Crippen molar-refractivity contribution in [3.8, 4) is 39.4 Å². The van der Waals surface area contributed by atoms with Gasteiger partial charge in [0.1, 0.15) is 5.65 Å². The van der Waals surface area contributed by atoms with Crippen molar-refractivity contribution >= 4 is 38.2 Å². The molecule has 196 valence electrons. The van der Waals surface area contributed by atoms with Crippen LogP contribution >= 0.6 is 0 Å². The average Bonchev–Trinajstić information content (AvgIpc) is 3.44. The van der Waals surface area contributed by atoms with Crippen molar-refractivity contribution < 1.29 is 0 Å².